The highest BCUT2D eigenvalue weighted by molar-refractivity contribution is 5.92. The molecule has 1 rings (SSSR count). The molecule has 0 saturated carbocycles. The van der Waals surface area contributed by atoms with Gasteiger partial charge in [-0.05, 0) is 25.5 Å². The molecule has 0 aliphatic rings. The van der Waals surface area contributed by atoms with E-state index in [1.54, 1.807) is 24.3 Å². The van der Waals surface area contributed by atoms with Crippen LogP contribution in [0.4, 0.5) is 5.82 Å². The molecule has 1 atom stereocenters. The molecule has 80 valence electrons. The molecule has 0 saturated heterocycles. The second kappa shape index (κ2) is 5.14. The molecule has 0 spiro atoms. The number of nitrogens with two attached hydrogens (primary N) is 1. The maximum Gasteiger partial charge on any atom is 0.270 e. The van der Waals surface area contributed by atoms with Crippen molar-refractivity contribution in [2.24, 2.45) is 0 Å². The van der Waals surface area contributed by atoms with Crippen molar-refractivity contribution in [1.82, 2.24) is 10.3 Å². The van der Waals surface area contributed by atoms with Crippen LogP contribution < -0.4 is 11.1 Å². The van der Waals surface area contributed by atoms with Gasteiger partial charge in [0, 0.05) is 6.04 Å². The lowest BCUT2D eigenvalue weighted by atomic mass is 10.2. The van der Waals surface area contributed by atoms with E-state index in [1.807, 2.05) is 6.92 Å². The van der Waals surface area contributed by atoms with Gasteiger partial charge < -0.3 is 11.1 Å². The van der Waals surface area contributed by atoms with Crippen LogP contribution in [0, 0.1) is 0 Å². The molecule has 0 fully saturated rings. The monoisotopic (exact) mass is 205 g/mol. The van der Waals surface area contributed by atoms with E-state index in [-0.39, 0.29) is 11.9 Å². The number of hydrogen-bond acceptors (Lipinski definition) is 3. The predicted molar refractivity (Wildman–Crippen MR) is 60.4 cm³/mol. The Balaban J connectivity index is 2.65. The van der Waals surface area contributed by atoms with Crippen LogP contribution in [-0.4, -0.2) is 16.9 Å². The molecule has 1 unspecified atom stereocenters. The molecule has 1 heterocycles. The lowest BCUT2D eigenvalue weighted by Crippen LogP contribution is -2.32. The first-order valence-corrected chi connectivity index (χ1v) is 4.77. The zero-order valence-electron chi connectivity index (χ0n) is 8.73. The Labute approximate surface area is 89.2 Å². The fraction of sp³-hybridized carbons (Fsp3) is 0.273. The molecule has 3 N–H and O–H groups in total. The molecule has 1 aromatic heterocycles. The molecule has 4 nitrogen and oxygen atoms in total. The Bertz CT molecular complexity index is 363. The number of aromatic nitrogens is 1. The summed E-state index contributed by atoms with van der Waals surface area (Å²) < 4.78 is 0. The van der Waals surface area contributed by atoms with Crippen LogP contribution in [0.1, 0.15) is 23.8 Å². The van der Waals surface area contributed by atoms with Crippen molar-refractivity contribution in [3.05, 3.63) is 36.5 Å². The van der Waals surface area contributed by atoms with Crippen LogP contribution in [0.2, 0.25) is 0 Å². The molecule has 1 aromatic rings. The SMILES string of the molecule is C=CCC(C)NC(=O)c1cccc(N)n1. The summed E-state index contributed by atoms with van der Waals surface area (Å²) in [5.41, 5.74) is 5.82. The summed E-state index contributed by atoms with van der Waals surface area (Å²) in [6.07, 6.45) is 2.49. The number of carbonyl (C=O) groups excluding carboxylic acids is 1. The minimum atomic E-state index is -0.211. The minimum absolute atomic E-state index is 0.0539. The summed E-state index contributed by atoms with van der Waals surface area (Å²) in [5.74, 6) is 0.135. The van der Waals surface area contributed by atoms with E-state index in [1.165, 1.54) is 0 Å². The quantitative estimate of drug-likeness (QED) is 0.729. The van der Waals surface area contributed by atoms with E-state index in [0.29, 0.717) is 11.5 Å². The summed E-state index contributed by atoms with van der Waals surface area (Å²) in [4.78, 5) is 15.5. The van der Waals surface area contributed by atoms with Crippen LogP contribution >= 0.6 is 0 Å². The van der Waals surface area contributed by atoms with Crippen molar-refractivity contribution >= 4 is 11.7 Å². The van der Waals surface area contributed by atoms with Gasteiger partial charge in [-0.1, -0.05) is 12.1 Å². The Morgan fingerprint density at radius 2 is 2.47 bits per heavy atom. The van der Waals surface area contributed by atoms with E-state index in [2.05, 4.69) is 16.9 Å². The zero-order chi connectivity index (χ0) is 11.3. The van der Waals surface area contributed by atoms with Crippen LogP contribution in [0.3, 0.4) is 0 Å². The fourth-order valence-electron chi connectivity index (χ4n) is 1.18. The Morgan fingerprint density at radius 1 is 1.73 bits per heavy atom. The maximum absolute atomic E-state index is 11.6. The summed E-state index contributed by atoms with van der Waals surface area (Å²) in [5, 5.41) is 2.80. The highest BCUT2D eigenvalue weighted by atomic mass is 16.1. The van der Waals surface area contributed by atoms with E-state index >= 15 is 0 Å². The van der Waals surface area contributed by atoms with E-state index in [0.717, 1.165) is 6.42 Å². The van der Waals surface area contributed by atoms with Crippen molar-refractivity contribution in [2.75, 3.05) is 5.73 Å². The normalized spacial score (nSPS) is 11.8. The third-order valence-electron chi connectivity index (χ3n) is 1.90. The molecule has 1 amide bonds. The first-order chi connectivity index (χ1) is 7.13. The van der Waals surface area contributed by atoms with Crippen LogP contribution in [0.25, 0.3) is 0 Å². The first-order valence-electron chi connectivity index (χ1n) is 4.77. The van der Waals surface area contributed by atoms with Crippen LogP contribution in [0.5, 0.6) is 0 Å². The molecular weight excluding hydrogens is 190 g/mol. The molecule has 0 aliphatic carbocycles. The summed E-state index contributed by atoms with van der Waals surface area (Å²) in [6, 6.07) is 5.03. The van der Waals surface area contributed by atoms with Gasteiger partial charge in [-0.2, -0.15) is 0 Å². The minimum Gasteiger partial charge on any atom is -0.384 e. The van der Waals surface area contributed by atoms with E-state index in [4.69, 9.17) is 5.73 Å². The molecule has 0 bridgehead atoms. The average molecular weight is 205 g/mol. The lowest BCUT2D eigenvalue weighted by molar-refractivity contribution is 0.0935. The van der Waals surface area contributed by atoms with Gasteiger partial charge in [0.1, 0.15) is 11.5 Å². The number of nitrogens with zero attached hydrogens (tertiary/aromatic N) is 1. The molecule has 4 heteroatoms. The third kappa shape index (κ3) is 3.42. The number of pyridine rings is 1. The van der Waals surface area contributed by atoms with Gasteiger partial charge in [0.05, 0.1) is 0 Å². The molecule has 15 heavy (non-hydrogen) atoms. The first kappa shape index (κ1) is 11.2. The number of nitrogen functional groups attached to an aromatic ring is 1. The van der Waals surface area contributed by atoms with Crippen molar-refractivity contribution in [3.8, 4) is 0 Å². The van der Waals surface area contributed by atoms with Gasteiger partial charge in [-0.3, -0.25) is 4.79 Å². The predicted octanol–water partition coefficient (Wildman–Crippen LogP) is 1.36. The molecule has 0 aliphatic heterocycles. The van der Waals surface area contributed by atoms with Gasteiger partial charge in [0.15, 0.2) is 0 Å². The van der Waals surface area contributed by atoms with Crippen molar-refractivity contribution in [1.29, 1.82) is 0 Å². The number of hydrogen-bond donors (Lipinski definition) is 2. The Hall–Kier alpha value is -1.84. The summed E-state index contributed by atoms with van der Waals surface area (Å²) >= 11 is 0. The smallest absolute Gasteiger partial charge is 0.270 e. The van der Waals surface area contributed by atoms with Crippen LogP contribution in [-0.2, 0) is 0 Å². The van der Waals surface area contributed by atoms with Crippen molar-refractivity contribution < 1.29 is 4.79 Å². The Morgan fingerprint density at radius 3 is 3.07 bits per heavy atom. The van der Waals surface area contributed by atoms with E-state index in [9.17, 15) is 4.79 Å². The largest absolute Gasteiger partial charge is 0.384 e. The number of anilines is 1. The Kier molecular flexibility index (Phi) is 3.85. The average Bonchev–Trinajstić information content (AvgIpc) is 2.18. The second-order valence-corrected chi connectivity index (χ2v) is 3.35. The number of nitrogens with one attached hydrogen (secondary N) is 1. The van der Waals surface area contributed by atoms with Gasteiger partial charge >= 0.3 is 0 Å². The zero-order valence-corrected chi connectivity index (χ0v) is 8.73. The maximum atomic E-state index is 11.6. The summed E-state index contributed by atoms with van der Waals surface area (Å²) in [6.45, 7) is 5.52. The number of rotatable bonds is 4. The van der Waals surface area contributed by atoms with Gasteiger partial charge in [0.25, 0.3) is 5.91 Å². The van der Waals surface area contributed by atoms with E-state index < -0.39 is 0 Å². The van der Waals surface area contributed by atoms with Crippen molar-refractivity contribution in [2.45, 2.75) is 19.4 Å². The number of carbonyl (C=O) groups is 1. The molecule has 0 aromatic carbocycles. The van der Waals surface area contributed by atoms with Gasteiger partial charge in [0.2, 0.25) is 0 Å². The third-order valence-corrected chi connectivity index (χ3v) is 1.90. The highest BCUT2D eigenvalue weighted by Gasteiger charge is 2.09. The lowest BCUT2D eigenvalue weighted by Gasteiger charge is -2.11. The summed E-state index contributed by atoms with van der Waals surface area (Å²) in [7, 11) is 0. The fourth-order valence-corrected chi connectivity index (χ4v) is 1.18. The molecule has 0 radical (unpaired) electrons. The standard InChI is InChI=1S/C11H15N3O/c1-3-5-8(2)13-11(15)9-6-4-7-10(12)14-9/h3-4,6-8H,1,5H2,2H3,(H2,12,14)(H,13,15). The second-order valence-electron chi connectivity index (χ2n) is 3.35. The van der Waals surface area contributed by atoms with Gasteiger partial charge in [-0.25, -0.2) is 4.98 Å². The van der Waals surface area contributed by atoms with Gasteiger partial charge in [-0.15, -0.1) is 6.58 Å². The number of amides is 1. The highest BCUT2D eigenvalue weighted by Crippen LogP contribution is 2.01. The van der Waals surface area contributed by atoms with Crippen molar-refractivity contribution in [3.63, 3.8) is 0 Å². The topological polar surface area (TPSA) is 68.0 Å². The van der Waals surface area contributed by atoms with Crippen LogP contribution in [0.15, 0.2) is 30.9 Å². The molecular formula is C11H15N3O.